The van der Waals surface area contributed by atoms with Crippen LogP contribution in [0.15, 0.2) is 30.3 Å². The molecule has 2 rings (SSSR count). The summed E-state index contributed by atoms with van der Waals surface area (Å²) in [6, 6.07) is 9.24. The fourth-order valence-corrected chi connectivity index (χ4v) is 2.15. The maximum Gasteiger partial charge on any atom is 0.258 e. The lowest BCUT2D eigenvalue weighted by Crippen LogP contribution is -2.48. The zero-order chi connectivity index (χ0) is 14.9. The predicted molar refractivity (Wildman–Crippen MR) is 86.2 cm³/mol. The Morgan fingerprint density at radius 1 is 1.23 bits per heavy atom. The first-order valence-corrected chi connectivity index (χ1v) is 7.18. The highest BCUT2D eigenvalue weighted by atomic mass is 35.5. The largest absolute Gasteiger partial charge is 0.484 e. The molecule has 0 unspecified atom stereocenters. The number of carbonyl (C=O) groups excluding carboxylic acids is 2. The normalized spacial score (nSPS) is 17.0. The van der Waals surface area contributed by atoms with Crippen molar-refractivity contribution in [3.05, 3.63) is 30.3 Å². The highest BCUT2D eigenvalue weighted by Gasteiger charge is 2.15. The van der Waals surface area contributed by atoms with Gasteiger partial charge in [-0.1, -0.05) is 18.2 Å². The fraction of sp³-hybridized carbons (Fsp3) is 0.467. The number of ether oxygens (including phenoxy) is 1. The molecule has 22 heavy (non-hydrogen) atoms. The third-order valence-corrected chi connectivity index (χ3v) is 3.22. The van der Waals surface area contributed by atoms with Gasteiger partial charge in [0.2, 0.25) is 5.91 Å². The van der Waals surface area contributed by atoms with E-state index in [4.69, 9.17) is 4.74 Å². The van der Waals surface area contributed by atoms with Gasteiger partial charge in [0.1, 0.15) is 5.75 Å². The minimum Gasteiger partial charge on any atom is -0.484 e. The molecule has 1 aromatic rings. The van der Waals surface area contributed by atoms with Gasteiger partial charge in [0, 0.05) is 12.6 Å². The zero-order valence-corrected chi connectivity index (χ0v) is 13.2. The minimum absolute atomic E-state index is 0. The topological polar surface area (TPSA) is 79.5 Å². The molecule has 0 saturated carbocycles. The van der Waals surface area contributed by atoms with Crippen LogP contribution in [0.4, 0.5) is 0 Å². The standard InChI is InChI=1S/C15H21N3O3.ClH/c19-14(18-12-5-4-8-16-9-12)10-17-15(20)11-21-13-6-2-1-3-7-13;/h1-3,6-7,12,16H,4-5,8-11H2,(H,17,20)(H,18,19);1H/t12-;/m0./s1. The quantitative estimate of drug-likeness (QED) is 0.710. The van der Waals surface area contributed by atoms with E-state index < -0.39 is 0 Å². The Morgan fingerprint density at radius 3 is 2.68 bits per heavy atom. The Hall–Kier alpha value is -1.79. The molecule has 1 aliphatic heterocycles. The SMILES string of the molecule is Cl.O=C(COc1ccccc1)NCC(=O)N[C@H]1CCCNC1. The molecule has 7 heteroatoms. The van der Waals surface area contributed by atoms with E-state index in [0.29, 0.717) is 5.75 Å². The maximum atomic E-state index is 11.7. The number of halogens is 1. The summed E-state index contributed by atoms with van der Waals surface area (Å²) in [5, 5.41) is 8.66. The number of para-hydroxylation sites is 1. The van der Waals surface area contributed by atoms with Gasteiger partial charge in [-0.25, -0.2) is 0 Å². The monoisotopic (exact) mass is 327 g/mol. The van der Waals surface area contributed by atoms with E-state index in [-0.39, 0.29) is 43.4 Å². The molecule has 1 atom stereocenters. The third kappa shape index (κ3) is 6.78. The van der Waals surface area contributed by atoms with Crippen molar-refractivity contribution in [3.63, 3.8) is 0 Å². The molecule has 1 saturated heterocycles. The summed E-state index contributed by atoms with van der Waals surface area (Å²) in [5.74, 6) is 0.151. The summed E-state index contributed by atoms with van der Waals surface area (Å²) in [6.45, 7) is 1.67. The lowest BCUT2D eigenvalue weighted by molar-refractivity contribution is -0.127. The second-order valence-electron chi connectivity index (χ2n) is 4.99. The van der Waals surface area contributed by atoms with Gasteiger partial charge in [-0.05, 0) is 31.5 Å². The van der Waals surface area contributed by atoms with Crippen molar-refractivity contribution < 1.29 is 14.3 Å². The fourth-order valence-electron chi connectivity index (χ4n) is 2.15. The van der Waals surface area contributed by atoms with Crippen LogP contribution < -0.4 is 20.7 Å². The van der Waals surface area contributed by atoms with E-state index in [1.807, 2.05) is 18.2 Å². The van der Waals surface area contributed by atoms with Gasteiger partial charge in [-0.15, -0.1) is 12.4 Å². The predicted octanol–water partition coefficient (Wildman–Crippen LogP) is 0.472. The number of piperidine rings is 1. The molecule has 0 aromatic heterocycles. The third-order valence-electron chi connectivity index (χ3n) is 3.22. The molecule has 3 N–H and O–H groups in total. The van der Waals surface area contributed by atoms with Gasteiger partial charge >= 0.3 is 0 Å². The molecule has 6 nitrogen and oxygen atoms in total. The van der Waals surface area contributed by atoms with E-state index >= 15 is 0 Å². The van der Waals surface area contributed by atoms with Crippen LogP contribution in [0.2, 0.25) is 0 Å². The number of rotatable bonds is 6. The second kappa shape index (κ2) is 10.0. The van der Waals surface area contributed by atoms with Gasteiger partial charge in [0.25, 0.3) is 5.91 Å². The Labute approximate surface area is 136 Å². The summed E-state index contributed by atoms with van der Waals surface area (Å²) in [7, 11) is 0. The average Bonchev–Trinajstić information content (AvgIpc) is 2.53. The number of hydrogen-bond acceptors (Lipinski definition) is 4. The first-order valence-electron chi connectivity index (χ1n) is 7.18. The van der Waals surface area contributed by atoms with Crippen LogP contribution in [0, 0.1) is 0 Å². The van der Waals surface area contributed by atoms with Gasteiger partial charge in [-0.3, -0.25) is 9.59 Å². The van der Waals surface area contributed by atoms with Crippen LogP contribution >= 0.6 is 12.4 Å². The summed E-state index contributed by atoms with van der Waals surface area (Å²) >= 11 is 0. The van der Waals surface area contributed by atoms with Crippen molar-refractivity contribution in [1.29, 1.82) is 0 Å². The van der Waals surface area contributed by atoms with Crippen LogP contribution in [0.5, 0.6) is 5.75 Å². The Balaban J connectivity index is 0.00000242. The van der Waals surface area contributed by atoms with E-state index in [0.717, 1.165) is 25.9 Å². The van der Waals surface area contributed by atoms with E-state index in [1.165, 1.54) is 0 Å². The molecule has 122 valence electrons. The summed E-state index contributed by atoms with van der Waals surface area (Å²) in [4.78, 5) is 23.3. The average molecular weight is 328 g/mol. The molecular weight excluding hydrogens is 306 g/mol. The van der Waals surface area contributed by atoms with Gasteiger partial charge in [0.15, 0.2) is 6.61 Å². The summed E-state index contributed by atoms with van der Waals surface area (Å²) < 4.78 is 5.30. The molecule has 0 bridgehead atoms. The van der Waals surface area contributed by atoms with Crippen LogP contribution in [-0.4, -0.2) is 44.1 Å². The maximum absolute atomic E-state index is 11.7. The van der Waals surface area contributed by atoms with Gasteiger partial charge < -0.3 is 20.7 Å². The molecular formula is C15H22ClN3O3. The summed E-state index contributed by atoms with van der Waals surface area (Å²) in [5.41, 5.74) is 0. The molecule has 0 spiro atoms. The summed E-state index contributed by atoms with van der Waals surface area (Å²) in [6.07, 6.45) is 2.03. The number of carbonyl (C=O) groups is 2. The van der Waals surface area contributed by atoms with E-state index in [2.05, 4.69) is 16.0 Å². The molecule has 2 amide bonds. The highest BCUT2D eigenvalue weighted by Crippen LogP contribution is 2.07. The van der Waals surface area contributed by atoms with E-state index in [9.17, 15) is 9.59 Å². The zero-order valence-electron chi connectivity index (χ0n) is 12.3. The first kappa shape index (κ1) is 18.3. The van der Waals surface area contributed by atoms with Crippen molar-refractivity contribution in [1.82, 2.24) is 16.0 Å². The van der Waals surface area contributed by atoms with Crippen LogP contribution in [0.25, 0.3) is 0 Å². The van der Waals surface area contributed by atoms with Crippen molar-refractivity contribution in [3.8, 4) is 5.75 Å². The van der Waals surface area contributed by atoms with Crippen LogP contribution in [-0.2, 0) is 9.59 Å². The lowest BCUT2D eigenvalue weighted by atomic mass is 10.1. The van der Waals surface area contributed by atoms with Crippen molar-refractivity contribution in [2.75, 3.05) is 26.2 Å². The molecule has 1 aromatic carbocycles. The lowest BCUT2D eigenvalue weighted by Gasteiger charge is -2.23. The van der Waals surface area contributed by atoms with Crippen molar-refractivity contribution in [2.45, 2.75) is 18.9 Å². The molecule has 1 fully saturated rings. The van der Waals surface area contributed by atoms with Crippen LogP contribution in [0.1, 0.15) is 12.8 Å². The first-order chi connectivity index (χ1) is 10.2. The number of benzene rings is 1. The number of amides is 2. The van der Waals surface area contributed by atoms with Crippen molar-refractivity contribution in [2.24, 2.45) is 0 Å². The Morgan fingerprint density at radius 2 is 2.00 bits per heavy atom. The Kier molecular flexibility index (Phi) is 8.32. The van der Waals surface area contributed by atoms with Gasteiger partial charge in [0.05, 0.1) is 6.54 Å². The second-order valence-corrected chi connectivity index (χ2v) is 4.99. The molecule has 1 aliphatic rings. The van der Waals surface area contributed by atoms with Crippen LogP contribution in [0.3, 0.4) is 0 Å². The number of nitrogens with one attached hydrogen (secondary N) is 3. The molecule has 1 heterocycles. The van der Waals surface area contributed by atoms with Gasteiger partial charge in [-0.2, -0.15) is 0 Å². The minimum atomic E-state index is -0.309. The number of hydrogen-bond donors (Lipinski definition) is 3. The molecule has 0 aliphatic carbocycles. The Bertz CT molecular complexity index is 464. The highest BCUT2D eigenvalue weighted by molar-refractivity contribution is 5.85. The smallest absolute Gasteiger partial charge is 0.258 e. The molecule has 0 radical (unpaired) electrons. The van der Waals surface area contributed by atoms with Crippen molar-refractivity contribution >= 4 is 24.2 Å². The van der Waals surface area contributed by atoms with E-state index in [1.54, 1.807) is 12.1 Å².